The molecule has 0 radical (unpaired) electrons. The molecule has 1 saturated heterocycles. The number of hydrogen-bond donors (Lipinski definition) is 1. The van der Waals surface area contributed by atoms with Crippen LogP contribution >= 0.6 is 0 Å². The average molecular weight is 261 g/mol. The van der Waals surface area contributed by atoms with Crippen LogP contribution in [0.25, 0.3) is 0 Å². The van der Waals surface area contributed by atoms with Crippen molar-refractivity contribution in [2.75, 3.05) is 13.2 Å². The summed E-state index contributed by atoms with van der Waals surface area (Å²) in [7, 11) is 0. The monoisotopic (exact) mass is 261 g/mol. The lowest BCUT2D eigenvalue weighted by Crippen LogP contribution is -2.54. The van der Waals surface area contributed by atoms with E-state index >= 15 is 0 Å². The van der Waals surface area contributed by atoms with Gasteiger partial charge in [0.25, 0.3) is 0 Å². The van der Waals surface area contributed by atoms with Crippen LogP contribution in [0.5, 0.6) is 0 Å². The van der Waals surface area contributed by atoms with Gasteiger partial charge in [-0.05, 0) is 11.0 Å². The first kappa shape index (κ1) is 13.1. The quantitative estimate of drug-likeness (QED) is 0.845. The lowest BCUT2D eigenvalue weighted by molar-refractivity contribution is -0.205. The first-order valence-corrected chi connectivity index (χ1v) is 7.11. The molecule has 2 fully saturated rings. The highest BCUT2D eigenvalue weighted by molar-refractivity contribution is 5.24. The number of ether oxygens (including phenoxy) is 2. The summed E-state index contributed by atoms with van der Waals surface area (Å²) in [6.07, 6.45) is 1.74. The molecule has 2 aliphatic rings. The van der Waals surface area contributed by atoms with E-state index in [9.17, 15) is 0 Å². The molecular weight excluding hydrogens is 238 g/mol. The molecule has 0 aromatic heterocycles. The zero-order valence-corrected chi connectivity index (χ0v) is 11.8. The zero-order valence-electron chi connectivity index (χ0n) is 11.8. The van der Waals surface area contributed by atoms with Crippen molar-refractivity contribution in [2.45, 2.75) is 44.4 Å². The lowest BCUT2D eigenvalue weighted by Gasteiger charge is -2.49. The number of benzene rings is 1. The van der Waals surface area contributed by atoms with Crippen molar-refractivity contribution in [3.8, 4) is 0 Å². The van der Waals surface area contributed by atoms with E-state index in [1.165, 1.54) is 5.56 Å². The van der Waals surface area contributed by atoms with Gasteiger partial charge in [-0.1, -0.05) is 44.2 Å². The molecule has 1 spiro atoms. The molecule has 1 aliphatic carbocycles. The second-order valence-electron chi connectivity index (χ2n) is 6.52. The molecule has 1 aromatic rings. The normalized spacial score (nSPS) is 32.6. The lowest BCUT2D eigenvalue weighted by atomic mass is 9.64. The molecule has 3 heteroatoms. The van der Waals surface area contributed by atoms with E-state index < -0.39 is 5.79 Å². The highest BCUT2D eigenvalue weighted by Crippen LogP contribution is 2.50. The molecule has 2 N–H and O–H groups in total. The van der Waals surface area contributed by atoms with Crippen molar-refractivity contribution in [2.24, 2.45) is 11.1 Å². The third-order valence-corrected chi connectivity index (χ3v) is 4.63. The molecule has 19 heavy (non-hydrogen) atoms. The Morgan fingerprint density at radius 2 is 1.74 bits per heavy atom. The van der Waals surface area contributed by atoms with Gasteiger partial charge in [-0.15, -0.1) is 0 Å². The molecule has 2 atom stereocenters. The summed E-state index contributed by atoms with van der Waals surface area (Å²) in [5.41, 5.74) is 7.84. The SMILES string of the molecule is CC1(C)CC2(C[C@@H](c3ccccc3)[C@@H]1N)OCCO2. The Morgan fingerprint density at radius 3 is 2.37 bits per heavy atom. The van der Waals surface area contributed by atoms with E-state index in [0.29, 0.717) is 19.1 Å². The number of nitrogens with two attached hydrogens (primary N) is 1. The zero-order chi connectivity index (χ0) is 13.5. The van der Waals surface area contributed by atoms with Crippen molar-refractivity contribution in [1.29, 1.82) is 0 Å². The van der Waals surface area contributed by atoms with Gasteiger partial charge in [0.2, 0.25) is 0 Å². The maximum Gasteiger partial charge on any atom is 0.169 e. The fourth-order valence-corrected chi connectivity index (χ4v) is 3.63. The summed E-state index contributed by atoms with van der Waals surface area (Å²) in [6.45, 7) is 5.85. The Balaban J connectivity index is 1.94. The smallest absolute Gasteiger partial charge is 0.169 e. The van der Waals surface area contributed by atoms with Crippen LogP contribution in [0.4, 0.5) is 0 Å². The molecule has 1 aliphatic heterocycles. The maximum absolute atomic E-state index is 6.53. The fraction of sp³-hybridized carbons (Fsp3) is 0.625. The standard InChI is InChI=1S/C16H23NO2/c1-15(2)11-16(18-8-9-19-16)10-13(14(15)17)12-6-4-3-5-7-12/h3-7,13-14H,8-11,17H2,1-2H3/t13-,14-/m0/s1. The van der Waals surface area contributed by atoms with Gasteiger partial charge in [-0.25, -0.2) is 0 Å². The van der Waals surface area contributed by atoms with E-state index in [0.717, 1.165) is 12.8 Å². The van der Waals surface area contributed by atoms with Crippen molar-refractivity contribution in [3.63, 3.8) is 0 Å². The molecule has 1 aromatic carbocycles. The second-order valence-corrected chi connectivity index (χ2v) is 6.52. The highest BCUT2D eigenvalue weighted by Gasteiger charge is 2.52. The Labute approximate surface area is 115 Å². The molecule has 1 heterocycles. The minimum atomic E-state index is -0.417. The largest absolute Gasteiger partial charge is 0.347 e. The van der Waals surface area contributed by atoms with Crippen LogP contribution in [0.1, 0.15) is 38.2 Å². The van der Waals surface area contributed by atoms with Crippen LogP contribution in [0, 0.1) is 5.41 Å². The molecule has 3 rings (SSSR count). The van der Waals surface area contributed by atoms with Crippen molar-refractivity contribution < 1.29 is 9.47 Å². The summed E-state index contributed by atoms with van der Waals surface area (Å²) in [6, 6.07) is 10.7. The Kier molecular flexibility index (Phi) is 3.16. The molecule has 0 bridgehead atoms. The van der Waals surface area contributed by atoms with Crippen LogP contribution in [-0.2, 0) is 9.47 Å². The molecule has 104 valence electrons. The van der Waals surface area contributed by atoms with E-state index in [2.05, 4.69) is 38.1 Å². The third-order valence-electron chi connectivity index (χ3n) is 4.63. The van der Waals surface area contributed by atoms with Crippen LogP contribution < -0.4 is 5.73 Å². The first-order valence-electron chi connectivity index (χ1n) is 7.11. The fourth-order valence-electron chi connectivity index (χ4n) is 3.63. The maximum atomic E-state index is 6.53. The van der Waals surface area contributed by atoms with Crippen molar-refractivity contribution >= 4 is 0 Å². The van der Waals surface area contributed by atoms with Gasteiger partial charge in [0, 0.05) is 24.8 Å². The van der Waals surface area contributed by atoms with Gasteiger partial charge in [-0.3, -0.25) is 0 Å². The van der Waals surface area contributed by atoms with Crippen molar-refractivity contribution in [3.05, 3.63) is 35.9 Å². The molecule has 3 nitrogen and oxygen atoms in total. The van der Waals surface area contributed by atoms with Gasteiger partial charge >= 0.3 is 0 Å². The van der Waals surface area contributed by atoms with E-state index in [1.54, 1.807) is 0 Å². The predicted molar refractivity (Wildman–Crippen MR) is 74.8 cm³/mol. The topological polar surface area (TPSA) is 44.5 Å². The van der Waals surface area contributed by atoms with Crippen molar-refractivity contribution in [1.82, 2.24) is 0 Å². The summed E-state index contributed by atoms with van der Waals surface area (Å²) >= 11 is 0. The van der Waals surface area contributed by atoms with Crippen LogP contribution in [0.15, 0.2) is 30.3 Å². The summed E-state index contributed by atoms with van der Waals surface area (Å²) in [5, 5.41) is 0. The van der Waals surface area contributed by atoms with Gasteiger partial charge in [0.15, 0.2) is 5.79 Å². The first-order chi connectivity index (χ1) is 9.03. The Hall–Kier alpha value is -0.900. The van der Waals surface area contributed by atoms with Crippen LogP contribution in [0.2, 0.25) is 0 Å². The Bertz CT molecular complexity index is 437. The highest BCUT2D eigenvalue weighted by atomic mass is 16.7. The van der Waals surface area contributed by atoms with Gasteiger partial charge < -0.3 is 15.2 Å². The summed E-state index contributed by atoms with van der Waals surface area (Å²) in [4.78, 5) is 0. The average Bonchev–Trinajstić information content (AvgIpc) is 2.83. The van der Waals surface area contributed by atoms with Gasteiger partial charge in [0.05, 0.1) is 13.2 Å². The summed E-state index contributed by atoms with van der Waals surface area (Å²) in [5.74, 6) is -0.122. The predicted octanol–water partition coefficient (Wildman–Crippen LogP) is 2.66. The minimum absolute atomic E-state index is 0.0170. The Morgan fingerprint density at radius 1 is 1.11 bits per heavy atom. The number of rotatable bonds is 1. The van der Waals surface area contributed by atoms with Crippen LogP contribution in [0.3, 0.4) is 0 Å². The van der Waals surface area contributed by atoms with Crippen LogP contribution in [-0.4, -0.2) is 25.0 Å². The molecule has 0 amide bonds. The van der Waals surface area contributed by atoms with Gasteiger partial charge in [0.1, 0.15) is 0 Å². The number of hydrogen-bond acceptors (Lipinski definition) is 3. The van der Waals surface area contributed by atoms with E-state index in [-0.39, 0.29) is 11.5 Å². The van der Waals surface area contributed by atoms with E-state index in [1.807, 2.05) is 6.07 Å². The van der Waals surface area contributed by atoms with E-state index in [4.69, 9.17) is 15.2 Å². The summed E-state index contributed by atoms with van der Waals surface area (Å²) < 4.78 is 11.9. The third kappa shape index (κ3) is 2.31. The molecule has 1 saturated carbocycles. The molecule has 0 unspecified atom stereocenters. The second kappa shape index (κ2) is 4.58. The van der Waals surface area contributed by atoms with Gasteiger partial charge in [-0.2, -0.15) is 0 Å². The minimum Gasteiger partial charge on any atom is -0.347 e. The molecular formula is C16H23NO2.